The lowest BCUT2D eigenvalue weighted by molar-refractivity contribution is 0.215. The molecule has 0 aliphatic carbocycles. The summed E-state index contributed by atoms with van der Waals surface area (Å²) in [6, 6.07) is 19.3. The van der Waals surface area contributed by atoms with Crippen LogP contribution in [0.5, 0.6) is 0 Å². The van der Waals surface area contributed by atoms with Gasteiger partial charge in [0.2, 0.25) is 0 Å². The number of benzene rings is 2. The van der Waals surface area contributed by atoms with Crippen LogP contribution in [0.15, 0.2) is 54.6 Å². The van der Waals surface area contributed by atoms with Crippen molar-refractivity contribution in [3.8, 4) is 0 Å². The topological polar surface area (TPSA) is 9.23 Å². The lowest BCUT2D eigenvalue weighted by Gasteiger charge is -2.16. The smallest absolute Gasteiger partial charge is 0.146 e. The second-order valence-electron chi connectivity index (χ2n) is 4.66. The van der Waals surface area contributed by atoms with Gasteiger partial charge in [0.1, 0.15) is 10.5 Å². The average Bonchev–Trinajstić information content (AvgIpc) is 2.43. The summed E-state index contributed by atoms with van der Waals surface area (Å²) in [6.07, 6.45) is 2.37. The van der Waals surface area contributed by atoms with Gasteiger partial charge in [0.25, 0.3) is 0 Å². The minimum Gasteiger partial charge on any atom is -0.421 e. The third-order valence-corrected chi connectivity index (χ3v) is 3.84. The minimum absolute atomic E-state index is 0.249. The quantitative estimate of drug-likeness (QED) is 0.747. The molecule has 0 amide bonds. The first-order valence-corrected chi connectivity index (χ1v) is 7.24. The van der Waals surface area contributed by atoms with E-state index in [0.717, 1.165) is 23.3 Å². The van der Waals surface area contributed by atoms with E-state index in [0.29, 0.717) is 0 Å². The molecule has 2 rings (SSSR count). The van der Waals surface area contributed by atoms with Crippen LogP contribution < -0.4 is 0 Å². The Morgan fingerprint density at radius 3 is 2.28 bits per heavy atom. The van der Waals surface area contributed by atoms with E-state index >= 15 is 0 Å². The largest absolute Gasteiger partial charge is 0.421 e. The molecule has 1 unspecified atom stereocenters. The number of aryl methyl sites for hydroxylation is 2. The van der Waals surface area contributed by atoms with Gasteiger partial charge < -0.3 is 4.43 Å². The van der Waals surface area contributed by atoms with Crippen LogP contribution in [0.4, 0.5) is 0 Å². The fraction of sp³-hybridized carbons (Fsp3) is 0.250. The zero-order valence-corrected chi connectivity index (χ0v) is 13.1. The molecule has 0 aliphatic heterocycles. The maximum Gasteiger partial charge on any atom is 0.146 e. The predicted molar refractivity (Wildman–Crippen MR) is 79.7 cm³/mol. The first-order chi connectivity index (χ1) is 8.79. The van der Waals surface area contributed by atoms with Crippen LogP contribution in [0.3, 0.4) is 0 Å². The highest BCUT2D eigenvalue weighted by molar-refractivity contribution is 5.98. The Balaban J connectivity index is 1.97. The lowest BCUT2D eigenvalue weighted by Crippen LogP contribution is -2.03. The van der Waals surface area contributed by atoms with Crippen LogP contribution in [-0.4, -0.2) is 10.5 Å². The van der Waals surface area contributed by atoms with Gasteiger partial charge in [-0.1, -0.05) is 60.2 Å². The maximum atomic E-state index is 5.72. The van der Waals surface area contributed by atoms with Crippen LogP contribution in [0.1, 0.15) is 29.2 Å². The lowest BCUT2D eigenvalue weighted by atomic mass is 10.0. The van der Waals surface area contributed by atoms with Crippen LogP contribution in [0.2, 0.25) is 0 Å². The molecular weight excluding hydrogens is 236 g/mol. The highest BCUT2D eigenvalue weighted by Crippen LogP contribution is 2.22. The van der Waals surface area contributed by atoms with Crippen molar-refractivity contribution in [2.75, 3.05) is 0 Å². The summed E-state index contributed by atoms with van der Waals surface area (Å²) in [5, 5.41) is 0. The van der Waals surface area contributed by atoms with Crippen LogP contribution >= 0.6 is 0 Å². The molecular formula is C16H20OSi. The summed E-state index contributed by atoms with van der Waals surface area (Å²) in [4.78, 5) is 0. The van der Waals surface area contributed by atoms with Gasteiger partial charge in [-0.25, -0.2) is 0 Å². The molecule has 0 N–H and O–H groups in total. The number of hydrogen-bond acceptors (Lipinski definition) is 1. The Hall–Kier alpha value is -1.38. The standard InChI is InChI=1S/C16H20OSi/c1-13-7-9-14(10-8-13)11-12-16(17-18)15-5-3-2-4-6-15/h2-10,16H,11-12H2,1,18H3. The summed E-state index contributed by atoms with van der Waals surface area (Å²) >= 11 is 0. The van der Waals surface area contributed by atoms with Gasteiger partial charge in [-0.3, -0.25) is 0 Å². The molecule has 94 valence electrons. The van der Waals surface area contributed by atoms with E-state index in [2.05, 4.69) is 55.5 Å². The number of rotatable bonds is 5. The van der Waals surface area contributed by atoms with Crippen LogP contribution in [0.25, 0.3) is 0 Å². The second-order valence-corrected chi connectivity index (χ2v) is 5.13. The van der Waals surface area contributed by atoms with Crippen molar-refractivity contribution in [1.82, 2.24) is 0 Å². The van der Waals surface area contributed by atoms with Crippen molar-refractivity contribution >= 4 is 10.5 Å². The van der Waals surface area contributed by atoms with Gasteiger partial charge in [-0.2, -0.15) is 0 Å². The highest BCUT2D eigenvalue weighted by atomic mass is 28.2. The normalized spacial score (nSPS) is 12.5. The monoisotopic (exact) mass is 256 g/mol. The molecule has 0 saturated heterocycles. The maximum absolute atomic E-state index is 5.72. The zero-order valence-electron chi connectivity index (χ0n) is 11.1. The molecule has 0 fully saturated rings. The molecule has 2 heteroatoms. The molecule has 0 bridgehead atoms. The third-order valence-electron chi connectivity index (χ3n) is 3.27. The van der Waals surface area contributed by atoms with E-state index in [1.54, 1.807) is 0 Å². The fourth-order valence-corrected chi connectivity index (χ4v) is 2.65. The molecule has 2 aromatic rings. The minimum atomic E-state index is 0.249. The first-order valence-electron chi connectivity index (χ1n) is 6.43. The molecule has 2 aromatic carbocycles. The van der Waals surface area contributed by atoms with E-state index in [9.17, 15) is 0 Å². The van der Waals surface area contributed by atoms with Gasteiger partial charge >= 0.3 is 0 Å². The van der Waals surface area contributed by atoms with Crippen molar-refractivity contribution in [2.24, 2.45) is 0 Å². The molecule has 0 aliphatic rings. The Labute approximate surface area is 112 Å². The molecule has 0 spiro atoms. The molecule has 0 aromatic heterocycles. The predicted octanol–water partition coefficient (Wildman–Crippen LogP) is 2.97. The van der Waals surface area contributed by atoms with Gasteiger partial charge in [-0.15, -0.1) is 0 Å². The van der Waals surface area contributed by atoms with E-state index in [1.807, 2.05) is 6.07 Å². The van der Waals surface area contributed by atoms with Gasteiger partial charge in [-0.05, 0) is 30.9 Å². The SMILES string of the molecule is Cc1ccc(CCC(O[SiH3])c2ccccc2)cc1. The molecule has 0 radical (unpaired) electrons. The second kappa shape index (κ2) is 6.52. The summed E-state index contributed by atoms with van der Waals surface area (Å²) in [6.45, 7) is 2.12. The van der Waals surface area contributed by atoms with Crippen LogP contribution in [0, 0.1) is 6.92 Å². The Kier molecular flexibility index (Phi) is 4.73. The molecule has 1 nitrogen and oxygen atoms in total. The van der Waals surface area contributed by atoms with Crippen molar-refractivity contribution < 1.29 is 4.43 Å². The van der Waals surface area contributed by atoms with Gasteiger partial charge in [0.05, 0.1) is 6.10 Å². The first kappa shape index (κ1) is 13.1. The third kappa shape index (κ3) is 3.55. The summed E-state index contributed by atoms with van der Waals surface area (Å²) in [5.74, 6) is 0. The Morgan fingerprint density at radius 1 is 1.00 bits per heavy atom. The summed E-state index contributed by atoms with van der Waals surface area (Å²) in [7, 11) is 0.782. The molecule has 1 atom stereocenters. The fourth-order valence-electron chi connectivity index (χ4n) is 2.14. The van der Waals surface area contributed by atoms with E-state index in [1.165, 1.54) is 16.7 Å². The average molecular weight is 256 g/mol. The van der Waals surface area contributed by atoms with Crippen molar-refractivity contribution in [3.05, 3.63) is 71.3 Å². The molecule has 18 heavy (non-hydrogen) atoms. The van der Waals surface area contributed by atoms with Gasteiger partial charge in [0, 0.05) is 0 Å². The molecule has 0 saturated carbocycles. The van der Waals surface area contributed by atoms with Gasteiger partial charge in [0.15, 0.2) is 0 Å². The van der Waals surface area contributed by atoms with Crippen molar-refractivity contribution in [1.29, 1.82) is 0 Å². The summed E-state index contributed by atoms with van der Waals surface area (Å²) < 4.78 is 5.72. The Bertz CT molecular complexity index is 464. The summed E-state index contributed by atoms with van der Waals surface area (Å²) in [5.41, 5.74) is 4.00. The van der Waals surface area contributed by atoms with E-state index in [4.69, 9.17) is 4.43 Å². The zero-order chi connectivity index (χ0) is 12.8. The molecule has 0 heterocycles. The Morgan fingerprint density at radius 2 is 1.67 bits per heavy atom. The van der Waals surface area contributed by atoms with Crippen molar-refractivity contribution in [2.45, 2.75) is 25.9 Å². The van der Waals surface area contributed by atoms with E-state index < -0.39 is 0 Å². The van der Waals surface area contributed by atoms with Crippen LogP contribution in [-0.2, 0) is 10.8 Å². The highest BCUT2D eigenvalue weighted by Gasteiger charge is 2.09. The van der Waals surface area contributed by atoms with E-state index in [-0.39, 0.29) is 6.10 Å². The van der Waals surface area contributed by atoms with Crippen molar-refractivity contribution in [3.63, 3.8) is 0 Å². The number of hydrogen-bond donors (Lipinski definition) is 0.